The molecular formula is C17H19NO3. The van der Waals surface area contributed by atoms with Gasteiger partial charge in [-0.25, -0.2) is 0 Å². The van der Waals surface area contributed by atoms with E-state index in [1.54, 1.807) is 6.07 Å². The monoisotopic (exact) mass is 285 g/mol. The molecule has 0 spiro atoms. The summed E-state index contributed by atoms with van der Waals surface area (Å²) in [7, 11) is 0. The third-order valence-corrected chi connectivity index (χ3v) is 3.29. The van der Waals surface area contributed by atoms with Gasteiger partial charge in [0.2, 0.25) is 5.91 Å². The van der Waals surface area contributed by atoms with Gasteiger partial charge >= 0.3 is 0 Å². The Morgan fingerprint density at radius 2 is 1.67 bits per heavy atom. The molecule has 2 atom stereocenters. The van der Waals surface area contributed by atoms with Crippen molar-refractivity contribution in [1.82, 2.24) is 5.32 Å². The minimum absolute atomic E-state index is 0.0135. The van der Waals surface area contributed by atoms with Gasteiger partial charge in [-0.2, -0.15) is 0 Å². The Hall–Kier alpha value is -2.17. The first-order valence-corrected chi connectivity index (χ1v) is 6.84. The molecule has 2 rings (SSSR count). The molecule has 0 aromatic heterocycles. The van der Waals surface area contributed by atoms with Gasteiger partial charge in [0.15, 0.2) is 0 Å². The molecule has 2 aromatic carbocycles. The molecule has 1 amide bonds. The second kappa shape index (κ2) is 7.02. The molecule has 0 aliphatic carbocycles. The zero-order chi connectivity index (χ0) is 15.2. The number of nitrogens with one attached hydrogen (secondary N) is 1. The second-order valence-corrected chi connectivity index (χ2v) is 4.90. The minimum atomic E-state index is -1.06. The van der Waals surface area contributed by atoms with Crippen LogP contribution in [-0.4, -0.2) is 28.8 Å². The largest absolute Gasteiger partial charge is 0.388 e. The summed E-state index contributed by atoms with van der Waals surface area (Å²) in [5.74, 6) is -0.238. The van der Waals surface area contributed by atoms with Gasteiger partial charge in [-0.3, -0.25) is 4.79 Å². The van der Waals surface area contributed by atoms with Crippen LogP contribution in [-0.2, 0) is 4.79 Å². The molecule has 3 N–H and O–H groups in total. The van der Waals surface area contributed by atoms with Gasteiger partial charge < -0.3 is 15.5 Å². The molecule has 0 aliphatic rings. The van der Waals surface area contributed by atoms with Crippen LogP contribution in [0, 0.1) is 0 Å². The summed E-state index contributed by atoms with van der Waals surface area (Å²) in [6.45, 7) is 1.39. The summed E-state index contributed by atoms with van der Waals surface area (Å²) in [6, 6.07) is 17.1. The Balaban J connectivity index is 2.25. The zero-order valence-corrected chi connectivity index (χ0v) is 11.9. The quantitative estimate of drug-likeness (QED) is 0.785. The van der Waals surface area contributed by atoms with Crippen LogP contribution in [0.3, 0.4) is 0 Å². The van der Waals surface area contributed by atoms with Gasteiger partial charge in [-0.05, 0) is 16.7 Å². The van der Waals surface area contributed by atoms with Gasteiger partial charge in [0.25, 0.3) is 0 Å². The average molecular weight is 285 g/mol. The Kier molecular flexibility index (Phi) is 5.09. The van der Waals surface area contributed by atoms with Crippen LogP contribution < -0.4 is 5.32 Å². The Labute approximate surface area is 124 Å². The SMILES string of the molecule is CC(=O)NCC(O)C(O)c1ccccc1-c1ccccc1. The summed E-state index contributed by atoms with van der Waals surface area (Å²) in [5, 5.41) is 22.9. The topological polar surface area (TPSA) is 69.6 Å². The van der Waals surface area contributed by atoms with Gasteiger partial charge in [-0.15, -0.1) is 0 Å². The maximum atomic E-state index is 10.9. The van der Waals surface area contributed by atoms with E-state index in [0.29, 0.717) is 5.56 Å². The maximum absolute atomic E-state index is 10.9. The number of amides is 1. The summed E-state index contributed by atoms with van der Waals surface area (Å²) in [5.41, 5.74) is 2.48. The van der Waals surface area contributed by atoms with Crippen molar-refractivity contribution in [3.63, 3.8) is 0 Å². The number of hydrogen-bond acceptors (Lipinski definition) is 3. The van der Waals surface area contributed by atoms with Crippen molar-refractivity contribution in [3.8, 4) is 11.1 Å². The van der Waals surface area contributed by atoms with Gasteiger partial charge in [0, 0.05) is 13.5 Å². The molecule has 0 heterocycles. The number of aliphatic hydroxyl groups is 2. The lowest BCUT2D eigenvalue weighted by Crippen LogP contribution is -2.34. The van der Waals surface area contributed by atoms with E-state index in [1.807, 2.05) is 48.5 Å². The van der Waals surface area contributed by atoms with E-state index in [1.165, 1.54) is 6.92 Å². The molecule has 0 aliphatic heterocycles. The molecule has 4 nitrogen and oxygen atoms in total. The maximum Gasteiger partial charge on any atom is 0.216 e. The normalized spacial score (nSPS) is 13.5. The Morgan fingerprint density at radius 1 is 1.05 bits per heavy atom. The highest BCUT2D eigenvalue weighted by molar-refractivity contribution is 5.72. The van der Waals surface area contributed by atoms with Gasteiger partial charge in [-0.1, -0.05) is 54.6 Å². The van der Waals surface area contributed by atoms with Crippen LogP contribution in [0.2, 0.25) is 0 Å². The molecule has 2 aromatic rings. The van der Waals surface area contributed by atoms with Gasteiger partial charge in [0.1, 0.15) is 12.2 Å². The van der Waals surface area contributed by atoms with Crippen LogP contribution in [0.5, 0.6) is 0 Å². The van der Waals surface area contributed by atoms with Crippen molar-refractivity contribution in [2.75, 3.05) is 6.54 Å². The molecular weight excluding hydrogens is 266 g/mol. The predicted molar refractivity (Wildman–Crippen MR) is 81.5 cm³/mol. The number of rotatable bonds is 5. The molecule has 0 fully saturated rings. The summed E-state index contributed by atoms with van der Waals surface area (Å²) < 4.78 is 0. The first-order valence-electron chi connectivity index (χ1n) is 6.84. The van der Waals surface area contributed by atoms with Crippen molar-refractivity contribution in [3.05, 3.63) is 60.2 Å². The highest BCUT2D eigenvalue weighted by Crippen LogP contribution is 2.29. The van der Waals surface area contributed by atoms with Crippen LogP contribution in [0.4, 0.5) is 0 Å². The first kappa shape index (κ1) is 15.2. The number of aliphatic hydroxyl groups excluding tert-OH is 2. The van der Waals surface area contributed by atoms with E-state index < -0.39 is 12.2 Å². The molecule has 0 bridgehead atoms. The smallest absolute Gasteiger partial charge is 0.216 e. The Bertz CT molecular complexity index is 598. The first-order chi connectivity index (χ1) is 10.1. The van der Waals surface area contributed by atoms with Crippen molar-refractivity contribution in [2.24, 2.45) is 0 Å². The highest BCUT2D eigenvalue weighted by Gasteiger charge is 2.21. The van der Waals surface area contributed by atoms with Gasteiger partial charge in [0.05, 0.1) is 0 Å². The van der Waals surface area contributed by atoms with Crippen LogP contribution >= 0.6 is 0 Å². The van der Waals surface area contributed by atoms with Crippen molar-refractivity contribution in [1.29, 1.82) is 0 Å². The van der Waals surface area contributed by atoms with Crippen LogP contribution in [0.1, 0.15) is 18.6 Å². The molecule has 110 valence electrons. The van der Waals surface area contributed by atoms with E-state index in [2.05, 4.69) is 5.32 Å². The molecule has 0 radical (unpaired) electrons. The fourth-order valence-electron chi connectivity index (χ4n) is 2.20. The number of benzene rings is 2. The zero-order valence-electron chi connectivity index (χ0n) is 11.9. The fourth-order valence-corrected chi connectivity index (χ4v) is 2.20. The summed E-state index contributed by atoms with van der Waals surface area (Å²) in [6.07, 6.45) is -2.12. The van der Waals surface area contributed by atoms with E-state index in [0.717, 1.165) is 11.1 Å². The minimum Gasteiger partial charge on any atom is -0.388 e. The molecule has 0 saturated heterocycles. The number of carbonyl (C=O) groups is 1. The van der Waals surface area contributed by atoms with E-state index in [-0.39, 0.29) is 12.5 Å². The fraction of sp³-hybridized carbons (Fsp3) is 0.235. The van der Waals surface area contributed by atoms with E-state index in [4.69, 9.17) is 0 Å². The lowest BCUT2D eigenvalue weighted by atomic mass is 9.94. The molecule has 2 unspecified atom stereocenters. The number of hydrogen-bond donors (Lipinski definition) is 3. The summed E-state index contributed by atoms with van der Waals surface area (Å²) in [4.78, 5) is 10.9. The summed E-state index contributed by atoms with van der Waals surface area (Å²) >= 11 is 0. The van der Waals surface area contributed by atoms with E-state index >= 15 is 0 Å². The highest BCUT2D eigenvalue weighted by atomic mass is 16.3. The third-order valence-electron chi connectivity index (χ3n) is 3.29. The number of carbonyl (C=O) groups excluding carboxylic acids is 1. The van der Waals surface area contributed by atoms with Crippen molar-refractivity contribution in [2.45, 2.75) is 19.1 Å². The van der Waals surface area contributed by atoms with Crippen LogP contribution in [0.25, 0.3) is 11.1 Å². The lowest BCUT2D eigenvalue weighted by molar-refractivity contribution is -0.119. The second-order valence-electron chi connectivity index (χ2n) is 4.90. The predicted octanol–water partition coefficient (Wildman–Crippen LogP) is 1.88. The third kappa shape index (κ3) is 3.90. The molecule has 0 saturated carbocycles. The molecule has 4 heteroatoms. The molecule has 21 heavy (non-hydrogen) atoms. The Morgan fingerprint density at radius 3 is 2.33 bits per heavy atom. The van der Waals surface area contributed by atoms with Crippen molar-refractivity contribution < 1.29 is 15.0 Å². The van der Waals surface area contributed by atoms with Crippen LogP contribution in [0.15, 0.2) is 54.6 Å². The lowest BCUT2D eigenvalue weighted by Gasteiger charge is -2.21. The van der Waals surface area contributed by atoms with Crippen molar-refractivity contribution >= 4 is 5.91 Å². The van der Waals surface area contributed by atoms with E-state index in [9.17, 15) is 15.0 Å². The standard InChI is InChI=1S/C17H19NO3/c1-12(19)18-11-16(20)17(21)15-10-6-5-9-14(15)13-7-3-2-4-8-13/h2-10,16-17,20-21H,11H2,1H3,(H,18,19). The average Bonchev–Trinajstić information content (AvgIpc) is 2.52.